The van der Waals surface area contributed by atoms with E-state index in [4.69, 9.17) is 16.7 Å². The Hall–Kier alpha value is -2.83. The van der Waals surface area contributed by atoms with Crippen LogP contribution < -0.4 is 10.2 Å². The molecule has 1 aromatic heterocycles. The van der Waals surface area contributed by atoms with Crippen LogP contribution >= 0.6 is 11.6 Å². The summed E-state index contributed by atoms with van der Waals surface area (Å²) in [6, 6.07) is 16.3. The first-order valence-corrected chi connectivity index (χ1v) is 12.1. The molecule has 33 heavy (non-hydrogen) atoms. The number of piperazine rings is 1. The van der Waals surface area contributed by atoms with E-state index < -0.39 is 0 Å². The number of nitrogens with zero attached hydrogens (tertiary/aromatic N) is 4. The van der Waals surface area contributed by atoms with Crippen LogP contribution in [0.1, 0.15) is 40.4 Å². The summed E-state index contributed by atoms with van der Waals surface area (Å²) in [5.74, 6) is 0.419. The number of rotatable bonds is 4. The maximum absolute atomic E-state index is 13.7. The minimum absolute atomic E-state index is 0.0950. The van der Waals surface area contributed by atoms with Gasteiger partial charge in [-0.15, -0.1) is 0 Å². The van der Waals surface area contributed by atoms with Gasteiger partial charge in [-0.2, -0.15) is 5.10 Å². The summed E-state index contributed by atoms with van der Waals surface area (Å²) < 4.78 is 1.99. The number of halogens is 1. The van der Waals surface area contributed by atoms with Crippen LogP contribution in [-0.2, 0) is 0 Å². The van der Waals surface area contributed by atoms with Crippen LogP contribution in [0.3, 0.4) is 0 Å². The third-order valence-electron chi connectivity index (χ3n) is 6.80. The van der Waals surface area contributed by atoms with Crippen molar-refractivity contribution in [1.82, 2.24) is 20.0 Å². The minimum atomic E-state index is 0.0950. The zero-order valence-corrected chi connectivity index (χ0v) is 19.8. The topological polar surface area (TPSA) is 53.4 Å². The van der Waals surface area contributed by atoms with Crippen molar-refractivity contribution in [3.05, 3.63) is 76.6 Å². The summed E-state index contributed by atoms with van der Waals surface area (Å²) >= 11 is 6.03. The predicted octanol–water partition coefficient (Wildman–Crippen LogP) is 4.26. The third kappa shape index (κ3) is 4.63. The molecular weight excluding hydrogens is 434 g/mol. The standard InChI is InChI=1S/C26H30ClN5O/c1-19-2-6-23(7-3-19)32-25(20-10-12-28-13-11-20)24(18-29-32)26(33)31-16-14-30(15-17-31)22-8-4-21(27)5-9-22/h2-9,18,20,28H,10-17H2,1H3. The van der Waals surface area contributed by atoms with Crippen molar-refractivity contribution in [2.75, 3.05) is 44.2 Å². The van der Waals surface area contributed by atoms with Gasteiger partial charge < -0.3 is 15.1 Å². The molecule has 1 N–H and O–H groups in total. The molecule has 2 aliphatic heterocycles. The van der Waals surface area contributed by atoms with Crippen LogP contribution in [0.15, 0.2) is 54.7 Å². The normalized spacial score (nSPS) is 17.4. The molecular formula is C26H30ClN5O. The number of aryl methyl sites for hydroxylation is 1. The lowest BCUT2D eigenvalue weighted by molar-refractivity contribution is 0.0744. The van der Waals surface area contributed by atoms with Gasteiger partial charge in [-0.3, -0.25) is 4.79 Å². The average molecular weight is 464 g/mol. The molecule has 0 unspecified atom stereocenters. The Morgan fingerprint density at radius 1 is 0.939 bits per heavy atom. The van der Waals surface area contributed by atoms with Crippen LogP contribution in [0.2, 0.25) is 5.02 Å². The number of benzene rings is 2. The Balaban J connectivity index is 1.38. The zero-order valence-electron chi connectivity index (χ0n) is 19.0. The molecule has 0 radical (unpaired) electrons. The van der Waals surface area contributed by atoms with Crippen LogP contribution in [0, 0.1) is 6.92 Å². The first-order chi connectivity index (χ1) is 16.1. The van der Waals surface area contributed by atoms with Crippen LogP contribution in [0.5, 0.6) is 0 Å². The van der Waals surface area contributed by atoms with E-state index in [-0.39, 0.29) is 5.91 Å². The monoisotopic (exact) mass is 463 g/mol. The van der Waals surface area contributed by atoms with Crippen molar-refractivity contribution in [1.29, 1.82) is 0 Å². The van der Waals surface area contributed by atoms with Gasteiger partial charge in [0.25, 0.3) is 5.91 Å². The zero-order chi connectivity index (χ0) is 22.8. The second-order valence-electron chi connectivity index (χ2n) is 8.97. The maximum Gasteiger partial charge on any atom is 0.257 e. The highest BCUT2D eigenvalue weighted by molar-refractivity contribution is 6.30. The maximum atomic E-state index is 13.7. The number of amides is 1. The summed E-state index contributed by atoms with van der Waals surface area (Å²) in [7, 11) is 0. The Morgan fingerprint density at radius 3 is 2.24 bits per heavy atom. The SMILES string of the molecule is Cc1ccc(-n2ncc(C(=O)N3CCN(c4ccc(Cl)cc4)CC3)c2C2CCNCC2)cc1. The van der Waals surface area contributed by atoms with Gasteiger partial charge in [0.15, 0.2) is 0 Å². The van der Waals surface area contributed by atoms with Gasteiger partial charge in [-0.25, -0.2) is 4.68 Å². The molecule has 3 aromatic rings. The van der Waals surface area contributed by atoms with Crippen LogP contribution in [0.4, 0.5) is 5.69 Å². The van der Waals surface area contributed by atoms with Crippen molar-refractivity contribution in [2.45, 2.75) is 25.7 Å². The highest BCUT2D eigenvalue weighted by Crippen LogP contribution is 2.31. The number of hydrogen-bond acceptors (Lipinski definition) is 4. The van der Waals surface area contributed by atoms with E-state index in [0.29, 0.717) is 19.0 Å². The highest BCUT2D eigenvalue weighted by Gasteiger charge is 2.30. The van der Waals surface area contributed by atoms with Crippen LogP contribution in [-0.4, -0.2) is 59.9 Å². The molecule has 3 heterocycles. The van der Waals surface area contributed by atoms with E-state index >= 15 is 0 Å². The Bertz CT molecular complexity index is 1090. The fraction of sp³-hybridized carbons (Fsp3) is 0.385. The molecule has 7 heteroatoms. The first-order valence-electron chi connectivity index (χ1n) is 11.8. The van der Waals surface area contributed by atoms with Crippen molar-refractivity contribution in [3.63, 3.8) is 0 Å². The van der Waals surface area contributed by atoms with Crippen LogP contribution in [0.25, 0.3) is 5.69 Å². The first kappa shape index (κ1) is 22.0. The summed E-state index contributed by atoms with van der Waals surface area (Å²) in [5, 5.41) is 8.88. The Morgan fingerprint density at radius 2 is 1.58 bits per heavy atom. The predicted molar refractivity (Wildman–Crippen MR) is 133 cm³/mol. The van der Waals surface area contributed by atoms with Gasteiger partial charge in [-0.1, -0.05) is 29.3 Å². The molecule has 5 rings (SSSR count). The third-order valence-corrected chi connectivity index (χ3v) is 7.05. The summed E-state index contributed by atoms with van der Waals surface area (Å²) in [5.41, 5.74) is 5.19. The largest absolute Gasteiger partial charge is 0.368 e. The molecule has 2 aliphatic rings. The highest BCUT2D eigenvalue weighted by atomic mass is 35.5. The lowest BCUT2D eigenvalue weighted by Gasteiger charge is -2.36. The fourth-order valence-corrected chi connectivity index (χ4v) is 5.02. The van der Waals surface area contributed by atoms with Gasteiger partial charge in [-0.05, 0) is 69.3 Å². The number of hydrogen-bond donors (Lipinski definition) is 1. The van der Waals surface area contributed by atoms with E-state index in [0.717, 1.165) is 66.7 Å². The smallest absolute Gasteiger partial charge is 0.257 e. The second-order valence-corrected chi connectivity index (χ2v) is 9.41. The number of piperidine rings is 1. The molecule has 6 nitrogen and oxygen atoms in total. The quantitative estimate of drug-likeness (QED) is 0.628. The lowest BCUT2D eigenvalue weighted by atomic mass is 9.91. The van der Waals surface area contributed by atoms with E-state index in [1.165, 1.54) is 5.56 Å². The van der Waals surface area contributed by atoms with E-state index in [9.17, 15) is 4.79 Å². The Labute approximate surface area is 200 Å². The molecule has 2 fully saturated rings. The molecule has 2 saturated heterocycles. The van der Waals surface area contributed by atoms with Gasteiger partial charge in [0.05, 0.1) is 23.1 Å². The summed E-state index contributed by atoms with van der Waals surface area (Å²) in [6.45, 7) is 7.03. The van der Waals surface area contributed by atoms with Crippen molar-refractivity contribution < 1.29 is 4.79 Å². The fourth-order valence-electron chi connectivity index (χ4n) is 4.89. The van der Waals surface area contributed by atoms with Crippen molar-refractivity contribution in [3.8, 4) is 5.69 Å². The molecule has 0 saturated carbocycles. The molecule has 1 amide bonds. The van der Waals surface area contributed by atoms with Crippen molar-refractivity contribution >= 4 is 23.2 Å². The number of carbonyl (C=O) groups is 1. The second kappa shape index (κ2) is 9.57. The van der Waals surface area contributed by atoms with Gasteiger partial charge >= 0.3 is 0 Å². The summed E-state index contributed by atoms with van der Waals surface area (Å²) in [4.78, 5) is 18.0. The number of nitrogens with one attached hydrogen (secondary N) is 1. The number of aromatic nitrogens is 2. The summed E-state index contributed by atoms with van der Waals surface area (Å²) in [6.07, 6.45) is 3.81. The Kier molecular flexibility index (Phi) is 6.38. The van der Waals surface area contributed by atoms with Gasteiger partial charge in [0.2, 0.25) is 0 Å². The minimum Gasteiger partial charge on any atom is -0.368 e. The van der Waals surface area contributed by atoms with Gasteiger partial charge in [0, 0.05) is 42.8 Å². The van der Waals surface area contributed by atoms with E-state index in [2.05, 4.69) is 41.4 Å². The molecule has 172 valence electrons. The lowest BCUT2D eigenvalue weighted by Crippen LogP contribution is -2.49. The van der Waals surface area contributed by atoms with E-state index in [1.54, 1.807) is 6.20 Å². The number of anilines is 1. The number of carbonyl (C=O) groups excluding carboxylic acids is 1. The average Bonchev–Trinajstić information content (AvgIpc) is 3.30. The molecule has 0 aliphatic carbocycles. The van der Waals surface area contributed by atoms with E-state index in [1.807, 2.05) is 33.8 Å². The van der Waals surface area contributed by atoms with Gasteiger partial charge in [0.1, 0.15) is 0 Å². The molecule has 0 spiro atoms. The van der Waals surface area contributed by atoms with Crippen molar-refractivity contribution in [2.24, 2.45) is 0 Å². The molecule has 0 atom stereocenters. The molecule has 2 aromatic carbocycles. The molecule has 0 bridgehead atoms.